The summed E-state index contributed by atoms with van der Waals surface area (Å²) >= 11 is 1.49. The maximum Gasteiger partial charge on any atom is 0.339 e. The quantitative estimate of drug-likeness (QED) is 0.528. The van der Waals surface area contributed by atoms with Gasteiger partial charge in [-0.1, -0.05) is 37.3 Å². The number of benzene rings is 1. The summed E-state index contributed by atoms with van der Waals surface area (Å²) in [7, 11) is 0. The van der Waals surface area contributed by atoms with Crippen LogP contribution in [0.4, 0.5) is 10.6 Å². The first kappa shape index (κ1) is 24.2. The van der Waals surface area contributed by atoms with Crippen molar-refractivity contribution in [1.82, 2.24) is 14.7 Å². The number of urea groups is 1. The first-order valence-electron chi connectivity index (χ1n) is 11.5. The number of amides is 2. The second-order valence-electron chi connectivity index (χ2n) is 9.02. The van der Waals surface area contributed by atoms with E-state index < -0.39 is 6.03 Å². The number of nitrogens with zero attached hydrogens (tertiary/aromatic N) is 4. The van der Waals surface area contributed by atoms with Gasteiger partial charge in [-0.3, -0.25) is 15.2 Å². The van der Waals surface area contributed by atoms with Gasteiger partial charge < -0.3 is 14.0 Å². The maximum atomic E-state index is 12.7. The molecule has 3 aromatic rings. The van der Waals surface area contributed by atoms with Gasteiger partial charge in [0.05, 0.1) is 23.4 Å². The third-order valence-electron chi connectivity index (χ3n) is 5.34. The Morgan fingerprint density at radius 1 is 1.26 bits per heavy atom. The minimum atomic E-state index is -0.433. The molecular weight excluding hydrogens is 456 g/mol. The van der Waals surface area contributed by atoms with E-state index in [2.05, 4.69) is 25.8 Å². The molecule has 0 spiro atoms. The fourth-order valence-corrected chi connectivity index (χ4v) is 4.56. The SMILES string of the molecule is CCN=c1sc2cc(OCCN3CCOCC3)ccc2n1NC(=O)Nc1cc(C(C)(C)C)on1. The molecule has 184 valence electrons. The summed E-state index contributed by atoms with van der Waals surface area (Å²) < 4.78 is 19.4. The Kier molecular flexibility index (Phi) is 7.54. The summed E-state index contributed by atoms with van der Waals surface area (Å²) in [5.41, 5.74) is 3.50. The predicted octanol–water partition coefficient (Wildman–Crippen LogP) is 3.40. The Labute approximate surface area is 202 Å². The molecule has 2 aromatic heterocycles. The number of anilines is 1. The van der Waals surface area contributed by atoms with Crippen molar-refractivity contribution < 1.29 is 18.8 Å². The van der Waals surface area contributed by atoms with E-state index in [1.54, 1.807) is 10.7 Å². The topological polar surface area (TPSA) is 106 Å². The summed E-state index contributed by atoms with van der Waals surface area (Å²) in [6, 6.07) is 7.12. The van der Waals surface area contributed by atoms with Gasteiger partial charge in [-0.2, -0.15) is 0 Å². The van der Waals surface area contributed by atoms with Crippen LogP contribution >= 0.6 is 11.3 Å². The number of morpholine rings is 1. The van der Waals surface area contributed by atoms with Gasteiger partial charge in [0.2, 0.25) is 4.80 Å². The highest BCUT2D eigenvalue weighted by Crippen LogP contribution is 2.25. The number of nitrogens with one attached hydrogen (secondary N) is 2. The minimum Gasteiger partial charge on any atom is -0.492 e. The fourth-order valence-electron chi connectivity index (χ4n) is 3.49. The molecule has 4 rings (SSSR count). The lowest BCUT2D eigenvalue weighted by Gasteiger charge is -2.26. The van der Waals surface area contributed by atoms with Crippen molar-refractivity contribution in [3.05, 3.63) is 34.8 Å². The molecule has 1 aromatic carbocycles. The summed E-state index contributed by atoms with van der Waals surface area (Å²) in [4.78, 5) is 20.3. The van der Waals surface area contributed by atoms with E-state index in [9.17, 15) is 4.79 Å². The maximum absolute atomic E-state index is 12.7. The molecule has 10 nitrogen and oxygen atoms in total. The molecule has 0 aliphatic carbocycles. The summed E-state index contributed by atoms with van der Waals surface area (Å²) in [5.74, 6) is 1.84. The van der Waals surface area contributed by atoms with Crippen molar-refractivity contribution in [2.24, 2.45) is 4.99 Å². The van der Waals surface area contributed by atoms with Crippen LogP contribution in [0, 0.1) is 0 Å². The number of hydrogen-bond donors (Lipinski definition) is 2. The average molecular weight is 489 g/mol. The molecule has 1 aliphatic rings. The highest BCUT2D eigenvalue weighted by Gasteiger charge is 2.20. The molecule has 34 heavy (non-hydrogen) atoms. The largest absolute Gasteiger partial charge is 0.492 e. The lowest BCUT2D eigenvalue weighted by atomic mass is 9.93. The number of carbonyl (C=O) groups is 1. The van der Waals surface area contributed by atoms with Crippen LogP contribution in [0.25, 0.3) is 10.2 Å². The van der Waals surface area contributed by atoms with E-state index in [1.165, 1.54) is 11.3 Å². The van der Waals surface area contributed by atoms with Crippen LogP contribution < -0.4 is 20.3 Å². The summed E-state index contributed by atoms with van der Waals surface area (Å²) in [6.45, 7) is 13.5. The molecule has 0 saturated carbocycles. The lowest BCUT2D eigenvalue weighted by Crippen LogP contribution is -2.38. The van der Waals surface area contributed by atoms with Crippen molar-refractivity contribution in [1.29, 1.82) is 0 Å². The number of ether oxygens (including phenoxy) is 2. The fraction of sp³-hybridized carbons (Fsp3) is 0.522. The van der Waals surface area contributed by atoms with Crippen LogP contribution in [-0.4, -0.2) is 66.8 Å². The molecule has 1 aliphatic heterocycles. The van der Waals surface area contributed by atoms with Crippen LogP contribution in [0.2, 0.25) is 0 Å². The van der Waals surface area contributed by atoms with Crippen LogP contribution in [-0.2, 0) is 10.2 Å². The van der Waals surface area contributed by atoms with Gasteiger partial charge >= 0.3 is 6.03 Å². The predicted molar refractivity (Wildman–Crippen MR) is 132 cm³/mol. The third kappa shape index (κ3) is 5.96. The number of carbonyl (C=O) groups excluding carboxylic acids is 1. The standard InChI is InChI=1S/C23H32N6O4S/c1-5-24-22-29(26-21(30)25-20-15-19(33-27-20)23(2,3)4)17-7-6-16(14-18(17)34-22)32-13-10-28-8-11-31-12-9-28/h6-7,14-15H,5,8-13H2,1-4H3,(H2,25,26,27,30). The zero-order valence-corrected chi connectivity index (χ0v) is 20.9. The normalized spacial score (nSPS) is 15.6. The van der Waals surface area contributed by atoms with E-state index in [1.807, 2.05) is 45.9 Å². The van der Waals surface area contributed by atoms with Crippen molar-refractivity contribution in [3.8, 4) is 5.75 Å². The highest BCUT2D eigenvalue weighted by molar-refractivity contribution is 7.16. The number of rotatable bonds is 7. The van der Waals surface area contributed by atoms with Crippen LogP contribution in [0.3, 0.4) is 0 Å². The van der Waals surface area contributed by atoms with Gasteiger partial charge in [0.25, 0.3) is 0 Å². The Hall–Kier alpha value is -2.89. The zero-order valence-electron chi connectivity index (χ0n) is 20.1. The average Bonchev–Trinajstić information content (AvgIpc) is 3.40. The molecule has 2 N–H and O–H groups in total. The molecule has 1 saturated heterocycles. The molecule has 2 amide bonds. The van der Waals surface area contributed by atoms with Gasteiger partial charge in [-0.05, 0) is 25.1 Å². The van der Waals surface area contributed by atoms with Crippen LogP contribution in [0.15, 0.2) is 33.8 Å². The first-order valence-corrected chi connectivity index (χ1v) is 12.3. The Bertz CT molecular complexity index is 1190. The van der Waals surface area contributed by atoms with E-state index in [0.717, 1.165) is 48.8 Å². The molecule has 3 heterocycles. The highest BCUT2D eigenvalue weighted by atomic mass is 32.1. The van der Waals surface area contributed by atoms with Crippen molar-refractivity contribution in [2.45, 2.75) is 33.1 Å². The summed E-state index contributed by atoms with van der Waals surface area (Å²) in [5, 5.41) is 6.67. The van der Waals surface area contributed by atoms with E-state index in [4.69, 9.17) is 14.0 Å². The molecule has 1 fully saturated rings. The van der Waals surface area contributed by atoms with Gasteiger partial charge in [0, 0.05) is 37.7 Å². The lowest BCUT2D eigenvalue weighted by molar-refractivity contribution is 0.0322. The summed E-state index contributed by atoms with van der Waals surface area (Å²) in [6.07, 6.45) is 0. The van der Waals surface area contributed by atoms with Crippen molar-refractivity contribution in [2.75, 3.05) is 56.7 Å². The van der Waals surface area contributed by atoms with Crippen LogP contribution in [0.5, 0.6) is 5.75 Å². The molecule has 0 atom stereocenters. The number of fused-ring (bicyclic) bond motifs is 1. The molecule has 0 unspecified atom stereocenters. The molecular formula is C23H32N6O4S. The third-order valence-corrected chi connectivity index (χ3v) is 6.38. The second kappa shape index (κ2) is 10.6. The van der Waals surface area contributed by atoms with E-state index in [0.29, 0.717) is 29.5 Å². The number of aromatic nitrogens is 2. The van der Waals surface area contributed by atoms with Gasteiger partial charge in [0.15, 0.2) is 5.82 Å². The van der Waals surface area contributed by atoms with E-state index >= 15 is 0 Å². The Balaban J connectivity index is 1.45. The van der Waals surface area contributed by atoms with Gasteiger partial charge in [-0.25, -0.2) is 14.9 Å². The number of thiazole rings is 1. The molecule has 0 radical (unpaired) electrons. The second-order valence-corrected chi connectivity index (χ2v) is 10.0. The van der Waals surface area contributed by atoms with Gasteiger partial charge in [-0.15, -0.1) is 0 Å². The van der Waals surface area contributed by atoms with Gasteiger partial charge in [0.1, 0.15) is 18.1 Å². The molecule has 11 heteroatoms. The Morgan fingerprint density at radius 2 is 2.06 bits per heavy atom. The van der Waals surface area contributed by atoms with Crippen LogP contribution in [0.1, 0.15) is 33.5 Å². The number of hydrogen-bond acceptors (Lipinski definition) is 8. The first-order chi connectivity index (χ1) is 16.3. The van der Waals surface area contributed by atoms with E-state index in [-0.39, 0.29) is 5.41 Å². The van der Waals surface area contributed by atoms with Crippen molar-refractivity contribution in [3.63, 3.8) is 0 Å². The monoisotopic (exact) mass is 488 g/mol. The zero-order chi connectivity index (χ0) is 24.1. The smallest absolute Gasteiger partial charge is 0.339 e. The molecule has 0 bridgehead atoms. The Morgan fingerprint density at radius 3 is 2.76 bits per heavy atom. The van der Waals surface area contributed by atoms with Crippen molar-refractivity contribution >= 4 is 33.4 Å². The minimum absolute atomic E-state index is 0.198.